The molecule has 0 aromatic carbocycles. The summed E-state index contributed by atoms with van der Waals surface area (Å²) in [7, 11) is 0. The lowest BCUT2D eigenvalue weighted by Crippen LogP contribution is -2.08. The minimum Gasteiger partial charge on any atom is -0.0948 e. The molecule has 0 radical (unpaired) electrons. The van der Waals surface area contributed by atoms with Crippen LogP contribution in [0.2, 0.25) is 0 Å². The largest absolute Gasteiger partial charge is 0.0948 e. The first-order valence-electron chi connectivity index (χ1n) is 5.71. The summed E-state index contributed by atoms with van der Waals surface area (Å²) >= 11 is 0. The van der Waals surface area contributed by atoms with Crippen LogP contribution in [0.25, 0.3) is 0 Å². The van der Waals surface area contributed by atoms with Gasteiger partial charge in [0.05, 0.1) is 0 Å². The molecule has 0 saturated heterocycles. The van der Waals surface area contributed by atoms with Crippen molar-refractivity contribution in [1.29, 1.82) is 0 Å². The van der Waals surface area contributed by atoms with Gasteiger partial charge < -0.3 is 0 Å². The number of hydrogen-bond acceptors (Lipinski definition) is 0. The monoisotopic (exact) mass is 190 g/mol. The molecule has 1 aliphatic rings. The minimum atomic E-state index is 0.141. The Hall–Kier alpha value is -0.700. The van der Waals surface area contributed by atoms with Crippen LogP contribution in [0.5, 0.6) is 0 Å². The lowest BCUT2D eigenvalue weighted by molar-refractivity contribution is 0.430. The summed E-state index contributed by atoms with van der Waals surface area (Å²) in [5.74, 6) is 7.27. The molecular weight excluding hydrogens is 168 g/mol. The predicted octanol–water partition coefficient (Wildman–Crippen LogP) is 4.17. The topological polar surface area (TPSA) is 0 Å². The zero-order valence-electron chi connectivity index (χ0n) is 9.82. The van der Waals surface area contributed by atoms with Gasteiger partial charge in [0.25, 0.3) is 0 Å². The second-order valence-corrected chi connectivity index (χ2v) is 5.33. The third-order valence-corrected chi connectivity index (χ3v) is 2.94. The van der Waals surface area contributed by atoms with E-state index in [1.54, 1.807) is 0 Å². The summed E-state index contributed by atoms with van der Waals surface area (Å²) in [6.07, 6.45) is 6.72. The molecular formula is C14H22. The van der Waals surface area contributed by atoms with E-state index in [-0.39, 0.29) is 5.41 Å². The van der Waals surface area contributed by atoms with Gasteiger partial charge in [-0.2, -0.15) is 0 Å². The molecule has 0 aliphatic heterocycles. The van der Waals surface area contributed by atoms with Crippen molar-refractivity contribution in [2.75, 3.05) is 0 Å². The number of hydrogen-bond donors (Lipinski definition) is 0. The maximum Gasteiger partial charge on any atom is 0.0206 e. The normalized spacial score (nSPS) is 18.5. The molecule has 0 unspecified atom stereocenters. The van der Waals surface area contributed by atoms with E-state index < -0.39 is 0 Å². The van der Waals surface area contributed by atoms with Gasteiger partial charge in [-0.05, 0) is 18.3 Å². The Morgan fingerprint density at radius 1 is 1.14 bits per heavy atom. The van der Waals surface area contributed by atoms with Gasteiger partial charge in [-0.25, -0.2) is 0 Å². The van der Waals surface area contributed by atoms with E-state index in [2.05, 4.69) is 39.2 Å². The fraction of sp³-hybridized carbons (Fsp3) is 0.714. The average Bonchev–Trinajstić information content (AvgIpc) is 2.14. The lowest BCUT2D eigenvalue weighted by Gasteiger charge is -2.18. The van der Waals surface area contributed by atoms with Gasteiger partial charge in [0.2, 0.25) is 0 Å². The van der Waals surface area contributed by atoms with Crippen molar-refractivity contribution in [1.82, 2.24) is 0 Å². The Bertz CT molecular complexity index is 248. The Labute approximate surface area is 88.8 Å². The van der Waals surface area contributed by atoms with Crippen molar-refractivity contribution >= 4 is 0 Å². The van der Waals surface area contributed by atoms with Gasteiger partial charge in [0.1, 0.15) is 0 Å². The molecule has 0 amide bonds. The van der Waals surface area contributed by atoms with Crippen LogP contribution in [0, 0.1) is 23.2 Å². The van der Waals surface area contributed by atoms with Crippen molar-refractivity contribution in [3.05, 3.63) is 12.2 Å². The fourth-order valence-electron chi connectivity index (χ4n) is 1.62. The molecule has 1 fully saturated rings. The summed E-state index contributed by atoms with van der Waals surface area (Å²) < 4.78 is 0. The second-order valence-electron chi connectivity index (χ2n) is 5.33. The van der Waals surface area contributed by atoms with Crippen LogP contribution in [0.3, 0.4) is 0 Å². The van der Waals surface area contributed by atoms with Crippen molar-refractivity contribution in [3.63, 3.8) is 0 Å². The van der Waals surface area contributed by atoms with Gasteiger partial charge in [-0.15, -0.1) is 0 Å². The first-order valence-corrected chi connectivity index (χ1v) is 5.71. The van der Waals surface area contributed by atoms with E-state index in [0.717, 1.165) is 5.57 Å². The van der Waals surface area contributed by atoms with Crippen LogP contribution in [0.15, 0.2) is 12.2 Å². The minimum absolute atomic E-state index is 0.141. The Morgan fingerprint density at radius 2 is 1.71 bits per heavy atom. The van der Waals surface area contributed by atoms with Crippen LogP contribution in [0.4, 0.5) is 0 Å². The van der Waals surface area contributed by atoms with Crippen LogP contribution in [0.1, 0.15) is 52.9 Å². The van der Waals surface area contributed by atoms with Crippen molar-refractivity contribution < 1.29 is 0 Å². The smallest absolute Gasteiger partial charge is 0.0206 e. The molecule has 1 saturated carbocycles. The summed E-state index contributed by atoms with van der Waals surface area (Å²) in [5, 5.41) is 0. The average molecular weight is 190 g/mol. The fourth-order valence-corrected chi connectivity index (χ4v) is 1.62. The van der Waals surface area contributed by atoms with E-state index in [9.17, 15) is 0 Å². The summed E-state index contributed by atoms with van der Waals surface area (Å²) in [4.78, 5) is 0. The maximum absolute atomic E-state index is 4.04. The van der Waals surface area contributed by atoms with Gasteiger partial charge in [-0.3, -0.25) is 0 Å². The maximum atomic E-state index is 4.04. The molecule has 0 bridgehead atoms. The molecule has 0 atom stereocenters. The first-order chi connectivity index (χ1) is 6.50. The van der Waals surface area contributed by atoms with Gasteiger partial charge in [0.15, 0.2) is 0 Å². The Balaban J connectivity index is 2.49. The second kappa shape index (κ2) is 4.69. The Morgan fingerprint density at radius 3 is 2.21 bits per heavy atom. The highest BCUT2D eigenvalue weighted by Gasteiger charge is 2.14. The molecule has 1 aliphatic carbocycles. The van der Waals surface area contributed by atoms with E-state index in [4.69, 9.17) is 0 Å². The van der Waals surface area contributed by atoms with E-state index in [1.165, 1.54) is 32.1 Å². The summed E-state index contributed by atoms with van der Waals surface area (Å²) in [6, 6.07) is 0. The third-order valence-electron chi connectivity index (χ3n) is 2.94. The molecule has 78 valence electrons. The molecule has 0 spiro atoms. The number of allylic oxidation sites excluding steroid dienone is 1. The SMILES string of the molecule is C=C(C#CC1CCCCC1)C(C)(C)C. The van der Waals surface area contributed by atoms with Crippen molar-refractivity contribution in [2.24, 2.45) is 11.3 Å². The van der Waals surface area contributed by atoms with Crippen LogP contribution in [-0.4, -0.2) is 0 Å². The van der Waals surface area contributed by atoms with Crippen LogP contribution in [-0.2, 0) is 0 Å². The molecule has 0 N–H and O–H groups in total. The first kappa shape index (κ1) is 11.4. The van der Waals surface area contributed by atoms with Gasteiger partial charge in [-0.1, -0.05) is 58.5 Å². The third kappa shape index (κ3) is 3.58. The quantitative estimate of drug-likeness (QED) is 0.503. The highest BCUT2D eigenvalue weighted by molar-refractivity contribution is 5.31. The highest BCUT2D eigenvalue weighted by Crippen LogP contribution is 2.25. The van der Waals surface area contributed by atoms with Gasteiger partial charge >= 0.3 is 0 Å². The molecule has 14 heavy (non-hydrogen) atoms. The van der Waals surface area contributed by atoms with E-state index in [0.29, 0.717) is 5.92 Å². The van der Waals surface area contributed by atoms with Crippen LogP contribution < -0.4 is 0 Å². The molecule has 1 rings (SSSR count). The molecule has 0 aromatic heterocycles. The zero-order chi connectivity index (χ0) is 10.6. The van der Waals surface area contributed by atoms with E-state index in [1.807, 2.05) is 0 Å². The van der Waals surface area contributed by atoms with Crippen molar-refractivity contribution in [2.45, 2.75) is 52.9 Å². The highest BCUT2D eigenvalue weighted by atomic mass is 14.2. The molecule has 0 aromatic rings. The Kier molecular flexibility index (Phi) is 3.81. The lowest BCUT2D eigenvalue weighted by atomic mass is 9.86. The van der Waals surface area contributed by atoms with E-state index >= 15 is 0 Å². The van der Waals surface area contributed by atoms with Crippen molar-refractivity contribution in [3.8, 4) is 11.8 Å². The van der Waals surface area contributed by atoms with Crippen LogP contribution >= 0.6 is 0 Å². The van der Waals surface area contributed by atoms with Gasteiger partial charge in [0, 0.05) is 11.5 Å². The zero-order valence-corrected chi connectivity index (χ0v) is 9.82. The predicted molar refractivity (Wildman–Crippen MR) is 62.9 cm³/mol. The molecule has 0 nitrogen and oxygen atoms in total. The molecule has 0 heterocycles. The number of rotatable bonds is 0. The summed E-state index contributed by atoms with van der Waals surface area (Å²) in [6.45, 7) is 10.6. The molecule has 0 heteroatoms. The standard InChI is InChI=1S/C14H22/c1-12(14(2,3)4)10-11-13-8-6-5-7-9-13/h13H,1,5-9H2,2-4H3. The summed E-state index contributed by atoms with van der Waals surface area (Å²) in [5.41, 5.74) is 1.21.